The number of halogens is 6. The van der Waals surface area contributed by atoms with Crippen molar-refractivity contribution in [2.75, 3.05) is 6.61 Å². The van der Waals surface area contributed by atoms with Gasteiger partial charge in [0.15, 0.2) is 5.69 Å². The summed E-state index contributed by atoms with van der Waals surface area (Å²) in [5, 5.41) is -0.208. The molecule has 0 atom stereocenters. The highest BCUT2D eigenvalue weighted by Gasteiger charge is 2.33. The largest absolute Gasteiger partial charge is 0.574 e. The summed E-state index contributed by atoms with van der Waals surface area (Å²) in [7, 11) is 0. The van der Waals surface area contributed by atoms with Crippen LogP contribution in [0.25, 0.3) is 0 Å². The maximum atomic E-state index is 12.9. The second kappa shape index (κ2) is 7.01. The third-order valence-electron chi connectivity index (χ3n) is 2.19. The maximum Gasteiger partial charge on any atom is 0.574 e. The standard InChI is InChI=1S/C11H9BrF5NO3/c1-2-20-10(19)8-6(4-12)5(9(13)14)3-7(18-8)21-11(15,16)17/h3,9H,2,4H2,1H3. The zero-order valence-corrected chi connectivity index (χ0v) is 12.1. The summed E-state index contributed by atoms with van der Waals surface area (Å²) in [6.07, 6.45) is -8.22. The number of carbonyl (C=O) groups is 1. The van der Waals surface area contributed by atoms with E-state index >= 15 is 0 Å². The number of esters is 1. The van der Waals surface area contributed by atoms with Crippen LogP contribution in [0.2, 0.25) is 0 Å². The fourth-order valence-corrected chi connectivity index (χ4v) is 2.03. The second-order valence-electron chi connectivity index (χ2n) is 3.58. The van der Waals surface area contributed by atoms with Gasteiger partial charge in [0.2, 0.25) is 5.88 Å². The first-order chi connectivity index (χ1) is 9.69. The van der Waals surface area contributed by atoms with Crippen LogP contribution in [-0.2, 0) is 10.1 Å². The average Bonchev–Trinajstić information content (AvgIpc) is 2.35. The van der Waals surface area contributed by atoms with Gasteiger partial charge in [-0.05, 0) is 6.92 Å². The molecule has 1 rings (SSSR count). The zero-order chi connectivity index (χ0) is 16.2. The lowest BCUT2D eigenvalue weighted by molar-refractivity contribution is -0.276. The number of aromatic nitrogens is 1. The van der Waals surface area contributed by atoms with Gasteiger partial charge < -0.3 is 9.47 Å². The minimum atomic E-state index is -5.12. The van der Waals surface area contributed by atoms with E-state index in [1.165, 1.54) is 6.92 Å². The molecule has 0 saturated carbocycles. The zero-order valence-electron chi connectivity index (χ0n) is 10.5. The van der Waals surface area contributed by atoms with Crippen molar-refractivity contribution in [2.24, 2.45) is 0 Å². The number of ether oxygens (including phenoxy) is 2. The van der Waals surface area contributed by atoms with Gasteiger partial charge in [-0.2, -0.15) is 0 Å². The molecule has 0 spiro atoms. The molecule has 0 saturated heterocycles. The highest BCUT2D eigenvalue weighted by atomic mass is 79.9. The summed E-state index contributed by atoms with van der Waals surface area (Å²) >= 11 is 2.89. The number of carbonyl (C=O) groups excluding carboxylic acids is 1. The van der Waals surface area contributed by atoms with E-state index in [-0.39, 0.29) is 17.5 Å². The molecule has 1 aromatic heterocycles. The molecule has 118 valence electrons. The van der Waals surface area contributed by atoms with Crippen molar-refractivity contribution in [3.63, 3.8) is 0 Å². The van der Waals surface area contributed by atoms with Crippen molar-refractivity contribution < 1.29 is 36.2 Å². The highest BCUT2D eigenvalue weighted by Crippen LogP contribution is 2.32. The van der Waals surface area contributed by atoms with Gasteiger partial charge in [0.25, 0.3) is 6.43 Å². The monoisotopic (exact) mass is 377 g/mol. The Morgan fingerprint density at radius 2 is 2.05 bits per heavy atom. The number of pyridine rings is 1. The normalized spacial score (nSPS) is 11.6. The average molecular weight is 378 g/mol. The third-order valence-corrected chi connectivity index (χ3v) is 2.75. The Balaban J connectivity index is 3.40. The molecule has 0 N–H and O–H groups in total. The first kappa shape index (κ1) is 17.6. The van der Waals surface area contributed by atoms with Crippen LogP contribution in [0, 0.1) is 0 Å². The Bertz CT molecular complexity index is 521. The van der Waals surface area contributed by atoms with Gasteiger partial charge in [0.1, 0.15) is 0 Å². The second-order valence-corrected chi connectivity index (χ2v) is 4.14. The molecule has 1 heterocycles. The SMILES string of the molecule is CCOC(=O)c1nc(OC(F)(F)F)cc(C(F)F)c1CBr. The van der Waals surface area contributed by atoms with Crippen LogP contribution in [0.5, 0.6) is 5.88 Å². The van der Waals surface area contributed by atoms with Crippen LogP contribution in [0.4, 0.5) is 22.0 Å². The van der Waals surface area contributed by atoms with E-state index in [1.807, 2.05) is 0 Å². The van der Waals surface area contributed by atoms with Crippen molar-refractivity contribution in [1.82, 2.24) is 4.98 Å². The van der Waals surface area contributed by atoms with Gasteiger partial charge in [0, 0.05) is 22.5 Å². The summed E-state index contributed by atoms with van der Waals surface area (Å²) in [6, 6.07) is 0.442. The molecule has 0 amide bonds. The van der Waals surface area contributed by atoms with Crippen LogP contribution in [0.1, 0.15) is 35.0 Å². The fourth-order valence-electron chi connectivity index (χ4n) is 1.44. The predicted molar refractivity (Wildman–Crippen MR) is 64.5 cm³/mol. The van der Waals surface area contributed by atoms with Crippen LogP contribution in [-0.4, -0.2) is 23.9 Å². The topological polar surface area (TPSA) is 48.4 Å². The first-order valence-corrected chi connectivity index (χ1v) is 6.62. The minimum Gasteiger partial charge on any atom is -0.461 e. The van der Waals surface area contributed by atoms with E-state index in [0.29, 0.717) is 6.07 Å². The van der Waals surface area contributed by atoms with Crippen molar-refractivity contribution in [1.29, 1.82) is 0 Å². The molecule has 0 aliphatic heterocycles. The van der Waals surface area contributed by atoms with E-state index in [4.69, 9.17) is 0 Å². The number of hydrogen-bond acceptors (Lipinski definition) is 4. The van der Waals surface area contributed by atoms with Gasteiger partial charge in [-0.25, -0.2) is 18.6 Å². The summed E-state index contributed by atoms with van der Waals surface area (Å²) in [5.74, 6) is -2.26. The Morgan fingerprint density at radius 3 is 2.48 bits per heavy atom. The molecule has 0 unspecified atom stereocenters. The number of alkyl halides is 6. The third kappa shape index (κ3) is 4.80. The van der Waals surface area contributed by atoms with E-state index < -0.39 is 35.9 Å². The van der Waals surface area contributed by atoms with E-state index in [1.54, 1.807) is 0 Å². The molecule has 0 bridgehead atoms. The minimum absolute atomic E-state index is 0.0867. The van der Waals surface area contributed by atoms with Crippen molar-refractivity contribution >= 4 is 21.9 Å². The van der Waals surface area contributed by atoms with Crippen molar-refractivity contribution in [3.8, 4) is 5.88 Å². The number of nitrogens with zero attached hydrogens (tertiary/aromatic N) is 1. The fraction of sp³-hybridized carbons (Fsp3) is 0.455. The van der Waals surface area contributed by atoms with Crippen molar-refractivity contribution in [3.05, 3.63) is 22.9 Å². The quantitative estimate of drug-likeness (QED) is 0.442. The molecule has 0 radical (unpaired) electrons. The summed E-state index contributed by atoms with van der Waals surface area (Å²) in [6.45, 7) is 1.37. The molecule has 0 aliphatic rings. The van der Waals surface area contributed by atoms with Gasteiger partial charge in [-0.3, -0.25) is 0 Å². The Hall–Kier alpha value is -1.45. The number of hydrogen-bond donors (Lipinski definition) is 0. The van der Waals surface area contributed by atoms with Gasteiger partial charge in [-0.1, -0.05) is 15.9 Å². The Morgan fingerprint density at radius 1 is 1.43 bits per heavy atom. The van der Waals surface area contributed by atoms with E-state index in [9.17, 15) is 26.7 Å². The molecule has 4 nitrogen and oxygen atoms in total. The van der Waals surface area contributed by atoms with E-state index in [0.717, 1.165) is 0 Å². The van der Waals surface area contributed by atoms with Crippen molar-refractivity contribution in [2.45, 2.75) is 25.0 Å². The van der Waals surface area contributed by atoms with Crippen LogP contribution < -0.4 is 4.74 Å². The molecule has 21 heavy (non-hydrogen) atoms. The lowest BCUT2D eigenvalue weighted by Gasteiger charge is -2.14. The lowest BCUT2D eigenvalue weighted by atomic mass is 10.1. The predicted octanol–water partition coefficient (Wildman–Crippen LogP) is 3.99. The summed E-state index contributed by atoms with van der Waals surface area (Å²) in [4.78, 5) is 14.9. The molecule has 1 aromatic rings. The van der Waals surface area contributed by atoms with E-state index in [2.05, 4.69) is 30.4 Å². The van der Waals surface area contributed by atoms with Crippen LogP contribution in [0.3, 0.4) is 0 Å². The summed E-state index contributed by atoms with van der Waals surface area (Å²) in [5.41, 5.74) is -1.69. The Labute approximate surface area is 124 Å². The molecular weight excluding hydrogens is 369 g/mol. The van der Waals surface area contributed by atoms with Crippen LogP contribution in [0.15, 0.2) is 6.07 Å². The van der Waals surface area contributed by atoms with Gasteiger partial charge >= 0.3 is 12.3 Å². The smallest absolute Gasteiger partial charge is 0.461 e. The maximum absolute atomic E-state index is 12.9. The molecule has 0 aromatic carbocycles. The molecule has 0 fully saturated rings. The molecule has 10 heteroatoms. The highest BCUT2D eigenvalue weighted by molar-refractivity contribution is 9.08. The summed E-state index contributed by atoms with van der Waals surface area (Å²) < 4.78 is 70.4. The first-order valence-electron chi connectivity index (χ1n) is 5.50. The van der Waals surface area contributed by atoms with Crippen LogP contribution >= 0.6 is 15.9 Å². The Kier molecular flexibility index (Phi) is 5.87. The van der Waals surface area contributed by atoms with Gasteiger partial charge in [-0.15, -0.1) is 13.2 Å². The number of rotatable bonds is 5. The lowest BCUT2D eigenvalue weighted by Crippen LogP contribution is -2.20. The van der Waals surface area contributed by atoms with Gasteiger partial charge in [0.05, 0.1) is 6.61 Å². The molecular formula is C11H9BrF5NO3. The molecule has 0 aliphatic carbocycles.